The second-order valence-corrected chi connectivity index (χ2v) is 15.6. The van der Waals surface area contributed by atoms with Gasteiger partial charge in [-0.25, -0.2) is 0 Å². The summed E-state index contributed by atoms with van der Waals surface area (Å²) in [6.07, 6.45) is 62.5. The summed E-state index contributed by atoms with van der Waals surface area (Å²) in [7, 11) is 0. The average Bonchev–Trinajstić information content (AvgIpc) is 3.24. The highest BCUT2D eigenvalue weighted by molar-refractivity contribution is 5.71. The Morgan fingerprint density at radius 3 is 1.02 bits per heavy atom. The molecule has 0 radical (unpaired) electrons. The van der Waals surface area contributed by atoms with E-state index in [9.17, 15) is 14.4 Å². The lowest BCUT2D eigenvalue weighted by Crippen LogP contribution is -2.30. The van der Waals surface area contributed by atoms with Crippen molar-refractivity contribution in [1.29, 1.82) is 0 Å². The zero-order chi connectivity index (χ0) is 43.7. The fraction of sp³-hybridized carbons (Fsp3) is 0.648. The Hall–Kier alpha value is -3.67. The van der Waals surface area contributed by atoms with Crippen LogP contribution in [-0.4, -0.2) is 37.2 Å². The van der Waals surface area contributed by atoms with Gasteiger partial charge in [0.25, 0.3) is 0 Å². The Balaban J connectivity index is 4.54. The molecule has 0 saturated carbocycles. The lowest BCUT2D eigenvalue weighted by molar-refractivity contribution is -0.167. The molecule has 0 saturated heterocycles. The minimum atomic E-state index is -0.814. The molecule has 0 N–H and O–H groups in total. The van der Waals surface area contributed by atoms with E-state index >= 15 is 0 Å². The third-order valence-electron chi connectivity index (χ3n) is 9.83. The molecule has 0 rings (SSSR count). The molecule has 0 aromatic carbocycles. The molecular formula is C54H88O6. The fourth-order valence-electron chi connectivity index (χ4n) is 6.25. The molecule has 0 bridgehead atoms. The second-order valence-electron chi connectivity index (χ2n) is 15.6. The van der Waals surface area contributed by atoms with Crippen LogP contribution in [0.25, 0.3) is 0 Å². The van der Waals surface area contributed by atoms with Crippen LogP contribution in [0.15, 0.2) is 97.2 Å². The van der Waals surface area contributed by atoms with E-state index in [1.165, 1.54) is 57.8 Å². The van der Waals surface area contributed by atoms with E-state index in [1.54, 1.807) is 0 Å². The highest BCUT2D eigenvalue weighted by atomic mass is 16.6. The molecule has 0 fully saturated rings. The summed E-state index contributed by atoms with van der Waals surface area (Å²) in [5, 5.41) is 0. The van der Waals surface area contributed by atoms with Gasteiger partial charge in [-0.2, -0.15) is 0 Å². The van der Waals surface area contributed by atoms with Gasteiger partial charge in [0.05, 0.1) is 0 Å². The molecule has 0 amide bonds. The first-order valence-electron chi connectivity index (χ1n) is 24.2. The lowest BCUT2D eigenvalue weighted by atomic mass is 10.0. The van der Waals surface area contributed by atoms with Crippen molar-refractivity contribution in [1.82, 2.24) is 0 Å². The third-order valence-corrected chi connectivity index (χ3v) is 9.83. The molecule has 0 aliphatic carbocycles. The zero-order valence-electron chi connectivity index (χ0n) is 38.7. The van der Waals surface area contributed by atoms with Crippen LogP contribution >= 0.6 is 0 Å². The first kappa shape index (κ1) is 56.3. The van der Waals surface area contributed by atoms with Crippen molar-refractivity contribution >= 4 is 17.9 Å². The van der Waals surface area contributed by atoms with Crippen LogP contribution in [0.2, 0.25) is 0 Å². The van der Waals surface area contributed by atoms with E-state index in [2.05, 4.69) is 118 Å². The predicted molar refractivity (Wildman–Crippen MR) is 256 cm³/mol. The summed E-state index contributed by atoms with van der Waals surface area (Å²) in [4.78, 5) is 37.8. The normalized spacial score (nSPS) is 12.9. The number of hydrogen-bond donors (Lipinski definition) is 0. The van der Waals surface area contributed by atoms with Gasteiger partial charge in [0, 0.05) is 19.3 Å². The number of carbonyl (C=O) groups is 3. The number of carbonyl (C=O) groups excluding carboxylic acids is 3. The topological polar surface area (TPSA) is 78.9 Å². The van der Waals surface area contributed by atoms with Gasteiger partial charge in [-0.15, -0.1) is 0 Å². The van der Waals surface area contributed by atoms with Crippen LogP contribution in [0.5, 0.6) is 0 Å². The zero-order valence-corrected chi connectivity index (χ0v) is 38.7. The van der Waals surface area contributed by atoms with Crippen LogP contribution in [0.3, 0.4) is 0 Å². The molecule has 0 aliphatic rings. The summed E-state index contributed by atoms with van der Waals surface area (Å²) in [6, 6.07) is 0. The Bertz CT molecular complexity index is 1230. The summed E-state index contributed by atoms with van der Waals surface area (Å²) in [6.45, 7) is 6.32. The van der Waals surface area contributed by atoms with Gasteiger partial charge in [-0.1, -0.05) is 189 Å². The molecule has 60 heavy (non-hydrogen) atoms. The highest BCUT2D eigenvalue weighted by Crippen LogP contribution is 2.13. The molecule has 0 aromatic heterocycles. The molecule has 0 heterocycles. The van der Waals surface area contributed by atoms with Crippen molar-refractivity contribution in [2.24, 2.45) is 0 Å². The van der Waals surface area contributed by atoms with Gasteiger partial charge >= 0.3 is 17.9 Å². The molecule has 0 spiro atoms. The summed E-state index contributed by atoms with van der Waals surface area (Å²) in [5.74, 6) is -0.999. The Morgan fingerprint density at radius 2 is 0.650 bits per heavy atom. The van der Waals surface area contributed by atoms with Gasteiger partial charge < -0.3 is 14.2 Å². The van der Waals surface area contributed by atoms with Crippen molar-refractivity contribution in [2.45, 2.75) is 213 Å². The van der Waals surface area contributed by atoms with Crippen molar-refractivity contribution in [3.8, 4) is 0 Å². The lowest BCUT2D eigenvalue weighted by Gasteiger charge is -2.18. The fourth-order valence-corrected chi connectivity index (χ4v) is 6.25. The molecule has 0 aromatic rings. The van der Waals surface area contributed by atoms with Crippen LogP contribution < -0.4 is 0 Å². The van der Waals surface area contributed by atoms with Crippen molar-refractivity contribution in [3.05, 3.63) is 97.2 Å². The van der Waals surface area contributed by atoms with Crippen molar-refractivity contribution in [3.63, 3.8) is 0 Å². The first-order chi connectivity index (χ1) is 29.5. The molecule has 1 atom stereocenters. The number of allylic oxidation sites excluding steroid dienone is 16. The number of rotatable bonds is 42. The Labute approximate surface area is 368 Å². The van der Waals surface area contributed by atoms with Crippen molar-refractivity contribution in [2.75, 3.05) is 13.2 Å². The molecule has 6 nitrogen and oxygen atoms in total. The van der Waals surface area contributed by atoms with E-state index in [-0.39, 0.29) is 37.5 Å². The largest absolute Gasteiger partial charge is 0.462 e. The van der Waals surface area contributed by atoms with Crippen LogP contribution in [0, 0.1) is 0 Å². The van der Waals surface area contributed by atoms with Gasteiger partial charge in [0.2, 0.25) is 0 Å². The first-order valence-corrected chi connectivity index (χ1v) is 24.2. The third kappa shape index (κ3) is 45.4. The monoisotopic (exact) mass is 833 g/mol. The smallest absolute Gasteiger partial charge is 0.306 e. The van der Waals surface area contributed by atoms with E-state index < -0.39 is 6.10 Å². The predicted octanol–water partition coefficient (Wildman–Crippen LogP) is 15.8. The number of ether oxygens (including phenoxy) is 3. The molecule has 0 unspecified atom stereocenters. The van der Waals surface area contributed by atoms with E-state index in [1.807, 2.05) is 0 Å². The summed E-state index contributed by atoms with van der Waals surface area (Å²) in [5.41, 5.74) is 0. The Kier molecular flexibility index (Phi) is 45.1. The number of unbranched alkanes of at least 4 members (excludes halogenated alkanes) is 15. The maximum Gasteiger partial charge on any atom is 0.306 e. The van der Waals surface area contributed by atoms with Gasteiger partial charge in [-0.3, -0.25) is 14.4 Å². The van der Waals surface area contributed by atoms with Gasteiger partial charge in [0.1, 0.15) is 13.2 Å². The summed E-state index contributed by atoms with van der Waals surface area (Å²) >= 11 is 0. The van der Waals surface area contributed by atoms with Crippen LogP contribution in [-0.2, 0) is 28.6 Å². The standard InChI is InChI=1S/C54H88O6/c1-4-7-10-13-16-19-22-25-27-29-32-35-38-41-44-47-53(56)59-50-51(49-58-52(55)46-43-40-37-34-31-24-21-18-15-12-9-6-3)60-54(57)48-45-42-39-36-33-30-28-26-23-20-17-14-11-8-5-2/h7-8,10-11,16-17,19-20,25-28,32-33,35-36,51H,4-6,9,12-15,18,21-24,29-31,34,37-50H2,1-3H3/b10-7-,11-8-,19-16-,20-17-,27-25-,28-26-,35-32-,36-33-/t51-/m1/s1. The average molecular weight is 833 g/mol. The van der Waals surface area contributed by atoms with Crippen LogP contribution in [0.4, 0.5) is 0 Å². The quantitative estimate of drug-likeness (QED) is 0.0264. The molecule has 340 valence electrons. The van der Waals surface area contributed by atoms with Gasteiger partial charge in [-0.05, 0) is 96.3 Å². The minimum absolute atomic E-state index is 0.107. The molecular weight excluding hydrogens is 745 g/mol. The van der Waals surface area contributed by atoms with Gasteiger partial charge in [0.15, 0.2) is 6.10 Å². The van der Waals surface area contributed by atoms with E-state index in [4.69, 9.17) is 14.2 Å². The highest BCUT2D eigenvalue weighted by Gasteiger charge is 2.19. The SMILES string of the molecule is CC/C=C\C/C=C\C/C=C\C/C=C\CCCCC(=O)OC[C@@H](COC(=O)CCCCCCCCCCCCCC)OC(=O)CCCC/C=C\C/C=C\C/C=C\C/C=C\CC. The van der Waals surface area contributed by atoms with E-state index in [0.29, 0.717) is 25.7 Å². The van der Waals surface area contributed by atoms with E-state index in [0.717, 1.165) is 96.3 Å². The number of hydrogen-bond acceptors (Lipinski definition) is 6. The second kappa shape index (κ2) is 48.0. The van der Waals surface area contributed by atoms with Crippen LogP contribution in [0.1, 0.15) is 207 Å². The minimum Gasteiger partial charge on any atom is -0.462 e. The van der Waals surface area contributed by atoms with Crippen molar-refractivity contribution < 1.29 is 28.6 Å². The molecule has 6 heteroatoms. The maximum atomic E-state index is 12.7. The number of esters is 3. The maximum absolute atomic E-state index is 12.7. The molecule has 0 aliphatic heterocycles. The Morgan fingerprint density at radius 1 is 0.350 bits per heavy atom. The summed E-state index contributed by atoms with van der Waals surface area (Å²) < 4.78 is 16.7.